The summed E-state index contributed by atoms with van der Waals surface area (Å²) in [6.07, 6.45) is 0. The van der Waals surface area contributed by atoms with Crippen LogP contribution >= 0.6 is 0 Å². The number of rotatable bonds is 0. The van der Waals surface area contributed by atoms with Crippen molar-refractivity contribution in [2.24, 2.45) is 0 Å². The summed E-state index contributed by atoms with van der Waals surface area (Å²) >= 11 is 0. The van der Waals surface area contributed by atoms with Crippen molar-refractivity contribution in [1.82, 2.24) is 0 Å². The largest absolute Gasteiger partial charge is 0.0651 e. The van der Waals surface area contributed by atoms with Crippen LogP contribution in [0.3, 0.4) is 0 Å². The number of hydrogen-bond donors (Lipinski definition) is 0. The van der Waals surface area contributed by atoms with Crippen LogP contribution in [-0.2, 0) is 0 Å². The smallest absolute Gasteiger partial charge is 0.0391 e. The second kappa shape index (κ2) is 2.36. The Bertz CT molecular complexity index is 196. The lowest BCUT2D eigenvalue weighted by Gasteiger charge is -2.01. The van der Waals surface area contributed by atoms with E-state index in [1.807, 2.05) is 0 Å². The van der Waals surface area contributed by atoms with Crippen molar-refractivity contribution < 1.29 is 0 Å². The van der Waals surface area contributed by atoms with E-state index >= 15 is 0 Å². The molecule has 0 N–H and O–H groups in total. The summed E-state index contributed by atoms with van der Waals surface area (Å²) in [5.41, 5.74) is 2.89. The van der Waals surface area contributed by atoms with Crippen LogP contribution in [-0.4, -0.2) is 10.2 Å². The van der Waals surface area contributed by atoms with Crippen molar-refractivity contribution >= 4 is 15.4 Å². The molecule has 0 saturated heterocycles. The molecule has 0 aliphatic heterocycles. The number of benzene rings is 1. The summed E-state index contributed by atoms with van der Waals surface area (Å²) in [5.74, 6) is 0. The highest BCUT2D eigenvalue weighted by Crippen LogP contribution is 1.96. The maximum Gasteiger partial charge on any atom is 0.0391 e. The topological polar surface area (TPSA) is 0 Å². The van der Waals surface area contributed by atoms with Crippen LogP contribution in [0.15, 0.2) is 18.2 Å². The standard InChI is InChI=1S/C8H12Si/c1-6-4-3-5-7(2)8(6)9/h3-5H,1-2,9H3. The molecule has 0 amide bonds. The van der Waals surface area contributed by atoms with Gasteiger partial charge in [0.2, 0.25) is 0 Å². The van der Waals surface area contributed by atoms with Crippen molar-refractivity contribution in [2.75, 3.05) is 0 Å². The molecule has 1 rings (SSSR count). The Labute approximate surface area is 59.3 Å². The fraction of sp³-hybridized carbons (Fsp3) is 0.250. The Morgan fingerprint density at radius 1 is 1.11 bits per heavy atom. The van der Waals surface area contributed by atoms with Crippen LogP contribution in [0.1, 0.15) is 11.1 Å². The van der Waals surface area contributed by atoms with E-state index in [-0.39, 0.29) is 0 Å². The zero-order chi connectivity index (χ0) is 6.85. The SMILES string of the molecule is Cc1cccc(C)c1[SiH3]. The van der Waals surface area contributed by atoms with Gasteiger partial charge in [-0.1, -0.05) is 34.5 Å². The third-order valence-corrected chi connectivity index (χ3v) is 3.45. The van der Waals surface area contributed by atoms with Crippen LogP contribution in [0.4, 0.5) is 0 Å². The second-order valence-corrected chi connectivity index (χ2v) is 3.52. The van der Waals surface area contributed by atoms with Gasteiger partial charge in [-0.05, 0) is 13.8 Å². The van der Waals surface area contributed by atoms with Crippen molar-refractivity contribution in [1.29, 1.82) is 0 Å². The molecule has 0 aliphatic rings. The highest BCUT2D eigenvalue weighted by molar-refractivity contribution is 6.34. The summed E-state index contributed by atoms with van der Waals surface area (Å²) < 4.78 is 0. The van der Waals surface area contributed by atoms with E-state index in [1.165, 1.54) is 21.4 Å². The van der Waals surface area contributed by atoms with Crippen molar-refractivity contribution in [3.05, 3.63) is 29.3 Å². The van der Waals surface area contributed by atoms with Gasteiger partial charge >= 0.3 is 0 Å². The third-order valence-electron chi connectivity index (χ3n) is 1.88. The van der Waals surface area contributed by atoms with Gasteiger partial charge in [-0.25, -0.2) is 0 Å². The Kier molecular flexibility index (Phi) is 1.72. The Balaban J connectivity index is 3.25. The summed E-state index contributed by atoms with van der Waals surface area (Å²) in [5, 5.41) is 1.55. The summed E-state index contributed by atoms with van der Waals surface area (Å²) in [6.45, 7) is 4.35. The Morgan fingerprint density at radius 3 is 1.89 bits per heavy atom. The van der Waals surface area contributed by atoms with Gasteiger partial charge in [0.15, 0.2) is 0 Å². The van der Waals surface area contributed by atoms with Crippen molar-refractivity contribution in [3.8, 4) is 0 Å². The fourth-order valence-corrected chi connectivity index (χ4v) is 1.23. The normalized spacial score (nSPS) is 10.0. The van der Waals surface area contributed by atoms with Gasteiger partial charge in [-0.3, -0.25) is 0 Å². The van der Waals surface area contributed by atoms with E-state index in [9.17, 15) is 0 Å². The first-order valence-electron chi connectivity index (χ1n) is 3.24. The van der Waals surface area contributed by atoms with Gasteiger partial charge < -0.3 is 0 Å². The Hall–Kier alpha value is -0.563. The van der Waals surface area contributed by atoms with E-state index in [2.05, 4.69) is 32.0 Å². The second-order valence-electron chi connectivity index (χ2n) is 2.52. The molecular weight excluding hydrogens is 124 g/mol. The van der Waals surface area contributed by atoms with E-state index in [0.717, 1.165) is 0 Å². The summed E-state index contributed by atoms with van der Waals surface area (Å²) in [7, 11) is 1.18. The predicted octanol–water partition coefficient (Wildman–Crippen LogP) is 0.294. The maximum atomic E-state index is 2.18. The summed E-state index contributed by atoms with van der Waals surface area (Å²) in [4.78, 5) is 0. The number of aryl methyl sites for hydroxylation is 2. The molecule has 1 aromatic rings. The van der Waals surface area contributed by atoms with Crippen LogP contribution in [0.5, 0.6) is 0 Å². The van der Waals surface area contributed by atoms with E-state index in [0.29, 0.717) is 0 Å². The maximum absolute atomic E-state index is 2.18. The average Bonchev–Trinajstić information content (AvgIpc) is 1.83. The fourth-order valence-electron chi connectivity index (χ4n) is 0.898. The molecule has 9 heavy (non-hydrogen) atoms. The molecule has 0 fully saturated rings. The van der Waals surface area contributed by atoms with Crippen LogP contribution in [0.25, 0.3) is 0 Å². The van der Waals surface area contributed by atoms with E-state index < -0.39 is 0 Å². The molecule has 0 bridgehead atoms. The molecule has 0 aromatic heterocycles. The van der Waals surface area contributed by atoms with Gasteiger partial charge in [0.25, 0.3) is 0 Å². The highest BCUT2D eigenvalue weighted by Gasteiger charge is 1.91. The average molecular weight is 136 g/mol. The minimum absolute atomic E-state index is 1.18. The molecule has 1 heteroatoms. The minimum atomic E-state index is 1.18. The van der Waals surface area contributed by atoms with Crippen LogP contribution < -0.4 is 5.19 Å². The quantitative estimate of drug-likeness (QED) is 0.450. The van der Waals surface area contributed by atoms with Gasteiger partial charge in [0.05, 0.1) is 0 Å². The third kappa shape index (κ3) is 1.22. The zero-order valence-corrected chi connectivity index (χ0v) is 8.23. The minimum Gasteiger partial charge on any atom is -0.0651 e. The lowest BCUT2D eigenvalue weighted by atomic mass is 10.2. The van der Waals surface area contributed by atoms with Gasteiger partial charge in [-0.2, -0.15) is 0 Å². The predicted molar refractivity (Wildman–Crippen MR) is 45.5 cm³/mol. The first-order chi connectivity index (χ1) is 4.22. The zero-order valence-electron chi connectivity index (χ0n) is 6.23. The first kappa shape index (κ1) is 6.56. The first-order valence-corrected chi connectivity index (χ1v) is 4.24. The lowest BCUT2D eigenvalue weighted by molar-refractivity contribution is 1.43. The molecule has 1 aromatic carbocycles. The van der Waals surface area contributed by atoms with Crippen LogP contribution in [0.2, 0.25) is 0 Å². The molecule has 0 radical (unpaired) electrons. The molecule has 0 atom stereocenters. The van der Waals surface area contributed by atoms with Gasteiger partial charge in [-0.15, -0.1) is 0 Å². The Morgan fingerprint density at radius 2 is 1.56 bits per heavy atom. The van der Waals surface area contributed by atoms with Crippen molar-refractivity contribution in [2.45, 2.75) is 13.8 Å². The molecular formula is C8H12Si. The van der Waals surface area contributed by atoms with E-state index in [1.54, 1.807) is 5.19 Å². The molecule has 0 nitrogen and oxygen atoms in total. The number of hydrogen-bond acceptors (Lipinski definition) is 0. The summed E-state index contributed by atoms with van der Waals surface area (Å²) in [6, 6.07) is 6.47. The molecule has 0 unspecified atom stereocenters. The van der Waals surface area contributed by atoms with Crippen LogP contribution in [0, 0.1) is 13.8 Å². The lowest BCUT2D eigenvalue weighted by Crippen LogP contribution is -2.10. The van der Waals surface area contributed by atoms with Crippen molar-refractivity contribution in [3.63, 3.8) is 0 Å². The van der Waals surface area contributed by atoms with Gasteiger partial charge in [0, 0.05) is 10.2 Å². The molecule has 0 aliphatic carbocycles. The van der Waals surface area contributed by atoms with Gasteiger partial charge in [0.1, 0.15) is 0 Å². The molecule has 48 valence electrons. The molecule has 0 saturated carbocycles. The monoisotopic (exact) mass is 136 g/mol. The van der Waals surface area contributed by atoms with E-state index in [4.69, 9.17) is 0 Å². The highest BCUT2D eigenvalue weighted by atomic mass is 28.1. The molecule has 0 heterocycles. The molecule has 0 spiro atoms.